The van der Waals surface area contributed by atoms with E-state index in [0.717, 1.165) is 18.9 Å². The molecular formula is C13H26N2O. The fraction of sp³-hybridized carbons (Fsp3) is 0.923. The van der Waals surface area contributed by atoms with E-state index in [1.807, 2.05) is 0 Å². The van der Waals surface area contributed by atoms with E-state index in [4.69, 9.17) is 0 Å². The number of amides is 1. The summed E-state index contributed by atoms with van der Waals surface area (Å²) in [7, 11) is 0. The standard InChI is InChI=1S/C13H26N2O/c1-4-12(9-11-6-7-11)15-13(16)8-10(3)14-5-2/h10-12,14H,4-9H2,1-3H3,(H,15,16). The first-order chi connectivity index (χ1) is 7.65. The van der Waals surface area contributed by atoms with Crippen LogP contribution in [0.4, 0.5) is 0 Å². The molecule has 2 N–H and O–H groups in total. The Labute approximate surface area is 99.4 Å². The Morgan fingerprint density at radius 3 is 2.56 bits per heavy atom. The van der Waals surface area contributed by atoms with Gasteiger partial charge in [-0.15, -0.1) is 0 Å². The number of hydrogen-bond donors (Lipinski definition) is 2. The van der Waals surface area contributed by atoms with Crippen molar-refractivity contribution >= 4 is 5.91 Å². The van der Waals surface area contributed by atoms with Crippen LogP contribution >= 0.6 is 0 Å². The largest absolute Gasteiger partial charge is 0.353 e. The van der Waals surface area contributed by atoms with E-state index in [9.17, 15) is 4.79 Å². The van der Waals surface area contributed by atoms with Crippen molar-refractivity contribution in [2.24, 2.45) is 5.92 Å². The number of carbonyl (C=O) groups is 1. The van der Waals surface area contributed by atoms with Gasteiger partial charge < -0.3 is 10.6 Å². The van der Waals surface area contributed by atoms with Gasteiger partial charge in [-0.2, -0.15) is 0 Å². The van der Waals surface area contributed by atoms with Crippen LogP contribution in [0.15, 0.2) is 0 Å². The summed E-state index contributed by atoms with van der Waals surface area (Å²) >= 11 is 0. The van der Waals surface area contributed by atoms with E-state index in [0.29, 0.717) is 12.5 Å². The molecule has 1 aliphatic carbocycles. The summed E-state index contributed by atoms with van der Waals surface area (Å²) in [6, 6.07) is 0.678. The van der Waals surface area contributed by atoms with Crippen LogP contribution in [0.1, 0.15) is 52.9 Å². The molecule has 0 bridgehead atoms. The number of carbonyl (C=O) groups excluding carboxylic acids is 1. The third-order valence-electron chi connectivity index (χ3n) is 3.22. The van der Waals surface area contributed by atoms with Gasteiger partial charge in [-0.05, 0) is 32.2 Å². The lowest BCUT2D eigenvalue weighted by atomic mass is 10.1. The van der Waals surface area contributed by atoms with Gasteiger partial charge in [0.15, 0.2) is 0 Å². The minimum atomic E-state index is 0.195. The molecule has 0 aromatic carbocycles. The molecule has 0 aromatic heterocycles. The Morgan fingerprint density at radius 2 is 2.06 bits per heavy atom. The van der Waals surface area contributed by atoms with Crippen molar-refractivity contribution < 1.29 is 4.79 Å². The van der Waals surface area contributed by atoms with Gasteiger partial charge in [-0.25, -0.2) is 0 Å². The Hall–Kier alpha value is -0.570. The van der Waals surface area contributed by atoms with Crippen molar-refractivity contribution in [1.29, 1.82) is 0 Å². The highest BCUT2D eigenvalue weighted by molar-refractivity contribution is 5.76. The molecule has 16 heavy (non-hydrogen) atoms. The molecule has 1 rings (SSSR count). The normalized spacial score (nSPS) is 19.2. The van der Waals surface area contributed by atoms with Crippen LogP contribution < -0.4 is 10.6 Å². The van der Waals surface area contributed by atoms with Gasteiger partial charge >= 0.3 is 0 Å². The third-order valence-corrected chi connectivity index (χ3v) is 3.22. The Morgan fingerprint density at radius 1 is 1.38 bits per heavy atom. The maximum Gasteiger partial charge on any atom is 0.221 e. The van der Waals surface area contributed by atoms with E-state index in [1.165, 1.54) is 19.3 Å². The van der Waals surface area contributed by atoms with Gasteiger partial charge in [0.1, 0.15) is 0 Å². The maximum absolute atomic E-state index is 11.7. The number of rotatable bonds is 8. The fourth-order valence-corrected chi connectivity index (χ4v) is 2.07. The van der Waals surface area contributed by atoms with Crippen LogP contribution in [-0.2, 0) is 4.79 Å². The second-order valence-corrected chi connectivity index (χ2v) is 5.01. The summed E-state index contributed by atoms with van der Waals surface area (Å²) in [5.74, 6) is 1.08. The van der Waals surface area contributed by atoms with Gasteiger partial charge in [0, 0.05) is 18.5 Å². The quantitative estimate of drug-likeness (QED) is 0.665. The molecular weight excluding hydrogens is 200 g/mol. The average Bonchev–Trinajstić information content (AvgIpc) is 3.00. The third kappa shape index (κ3) is 5.50. The molecule has 1 saturated carbocycles. The first-order valence-electron chi connectivity index (χ1n) is 6.68. The Balaban J connectivity index is 2.19. The highest BCUT2D eigenvalue weighted by atomic mass is 16.1. The van der Waals surface area contributed by atoms with E-state index in [1.54, 1.807) is 0 Å². The molecule has 0 radical (unpaired) electrons. The van der Waals surface area contributed by atoms with Gasteiger partial charge in [-0.3, -0.25) is 4.79 Å². The predicted molar refractivity (Wildman–Crippen MR) is 67.3 cm³/mol. The first kappa shape index (κ1) is 13.5. The molecule has 0 aromatic rings. The van der Waals surface area contributed by atoms with Gasteiger partial charge in [0.05, 0.1) is 0 Å². The summed E-state index contributed by atoms with van der Waals surface area (Å²) in [6.07, 6.45) is 5.55. The fourth-order valence-electron chi connectivity index (χ4n) is 2.07. The maximum atomic E-state index is 11.7. The van der Waals surface area contributed by atoms with Gasteiger partial charge in [0.2, 0.25) is 5.91 Å². The number of nitrogens with one attached hydrogen (secondary N) is 2. The second kappa shape index (κ2) is 6.89. The van der Waals surface area contributed by atoms with Crippen LogP contribution in [0.3, 0.4) is 0 Å². The summed E-state index contributed by atoms with van der Waals surface area (Å²) in [6.45, 7) is 7.20. The zero-order chi connectivity index (χ0) is 12.0. The summed E-state index contributed by atoms with van der Waals surface area (Å²) < 4.78 is 0. The van der Waals surface area contributed by atoms with Crippen LogP contribution in [-0.4, -0.2) is 24.5 Å². The van der Waals surface area contributed by atoms with E-state index in [-0.39, 0.29) is 11.9 Å². The molecule has 3 heteroatoms. The molecule has 1 amide bonds. The van der Waals surface area contributed by atoms with Crippen molar-refractivity contribution in [3.8, 4) is 0 Å². The monoisotopic (exact) mass is 226 g/mol. The lowest BCUT2D eigenvalue weighted by Crippen LogP contribution is -2.39. The first-order valence-corrected chi connectivity index (χ1v) is 6.68. The molecule has 1 fully saturated rings. The topological polar surface area (TPSA) is 41.1 Å². The summed E-state index contributed by atoms with van der Waals surface area (Å²) in [4.78, 5) is 11.7. The second-order valence-electron chi connectivity index (χ2n) is 5.01. The van der Waals surface area contributed by atoms with Crippen molar-refractivity contribution in [2.75, 3.05) is 6.54 Å². The molecule has 94 valence electrons. The molecule has 2 unspecified atom stereocenters. The van der Waals surface area contributed by atoms with Crippen LogP contribution in [0, 0.1) is 5.92 Å². The van der Waals surface area contributed by atoms with Crippen molar-refractivity contribution in [2.45, 2.75) is 65.0 Å². The van der Waals surface area contributed by atoms with E-state index in [2.05, 4.69) is 31.4 Å². The number of hydrogen-bond acceptors (Lipinski definition) is 2. The molecule has 1 aliphatic rings. The molecule has 0 spiro atoms. The Kier molecular flexibility index (Phi) is 5.81. The molecule has 0 saturated heterocycles. The van der Waals surface area contributed by atoms with E-state index >= 15 is 0 Å². The molecule has 3 nitrogen and oxygen atoms in total. The predicted octanol–water partition coefficient (Wildman–Crippen LogP) is 2.07. The van der Waals surface area contributed by atoms with Crippen molar-refractivity contribution in [1.82, 2.24) is 10.6 Å². The average molecular weight is 226 g/mol. The zero-order valence-corrected chi connectivity index (χ0v) is 10.9. The lowest BCUT2D eigenvalue weighted by molar-refractivity contribution is -0.122. The van der Waals surface area contributed by atoms with E-state index < -0.39 is 0 Å². The minimum Gasteiger partial charge on any atom is -0.353 e. The SMILES string of the molecule is CCNC(C)CC(=O)NC(CC)CC1CC1. The van der Waals surface area contributed by atoms with Crippen LogP contribution in [0.25, 0.3) is 0 Å². The van der Waals surface area contributed by atoms with Gasteiger partial charge in [-0.1, -0.05) is 26.7 Å². The highest BCUT2D eigenvalue weighted by Crippen LogP contribution is 2.34. The lowest BCUT2D eigenvalue weighted by Gasteiger charge is -2.18. The highest BCUT2D eigenvalue weighted by Gasteiger charge is 2.25. The van der Waals surface area contributed by atoms with Crippen LogP contribution in [0.5, 0.6) is 0 Å². The molecule has 0 heterocycles. The summed E-state index contributed by atoms with van der Waals surface area (Å²) in [5, 5.41) is 6.41. The zero-order valence-electron chi connectivity index (χ0n) is 10.9. The Bertz CT molecular complexity index is 214. The van der Waals surface area contributed by atoms with Crippen molar-refractivity contribution in [3.63, 3.8) is 0 Å². The van der Waals surface area contributed by atoms with Gasteiger partial charge in [0.25, 0.3) is 0 Å². The minimum absolute atomic E-state index is 0.195. The smallest absolute Gasteiger partial charge is 0.221 e. The molecule has 0 aliphatic heterocycles. The summed E-state index contributed by atoms with van der Waals surface area (Å²) in [5.41, 5.74) is 0. The van der Waals surface area contributed by atoms with Crippen molar-refractivity contribution in [3.05, 3.63) is 0 Å². The molecule has 2 atom stereocenters. The van der Waals surface area contributed by atoms with Crippen LogP contribution in [0.2, 0.25) is 0 Å².